The number of methoxy groups -OCH3 is 1. The van der Waals surface area contributed by atoms with E-state index in [-0.39, 0.29) is 12.0 Å². The van der Waals surface area contributed by atoms with Crippen molar-refractivity contribution in [1.29, 1.82) is 0 Å². The second-order valence-electron chi connectivity index (χ2n) is 6.35. The van der Waals surface area contributed by atoms with E-state index in [0.29, 0.717) is 12.8 Å². The standard InChI is InChI=1S/C20H22BrNO3/c1-25-16-8-6-14(7-9-16)19(17-4-2-3-5-18(17)21)22-12-10-15(11-13-22)20(23)24/h2-9,15,19H,10-13H2,1H3,(H,23,24). The number of ether oxygens (including phenoxy) is 1. The van der Waals surface area contributed by atoms with Crippen LogP contribution in [0.3, 0.4) is 0 Å². The number of piperidine rings is 1. The van der Waals surface area contributed by atoms with Gasteiger partial charge >= 0.3 is 5.97 Å². The lowest BCUT2D eigenvalue weighted by Gasteiger charge is -2.37. The van der Waals surface area contributed by atoms with Gasteiger partial charge in [-0.2, -0.15) is 0 Å². The van der Waals surface area contributed by atoms with E-state index in [0.717, 1.165) is 23.3 Å². The number of carboxylic acid groups (broad SMARTS) is 1. The van der Waals surface area contributed by atoms with E-state index < -0.39 is 5.97 Å². The van der Waals surface area contributed by atoms with Crippen molar-refractivity contribution in [3.8, 4) is 5.75 Å². The van der Waals surface area contributed by atoms with Crippen LogP contribution < -0.4 is 4.74 Å². The van der Waals surface area contributed by atoms with Crippen molar-refractivity contribution in [2.24, 2.45) is 5.92 Å². The summed E-state index contributed by atoms with van der Waals surface area (Å²) in [6, 6.07) is 16.5. The molecule has 2 aromatic carbocycles. The summed E-state index contributed by atoms with van der Waals surface area (Å²) in [5.74, 6) is -0.0762. The van der Waals surface area contributed by atoms with Crippen LogP contribution in [-0.2, 0) is 4.79 Å². The normalized spacial score (nSPS) is 17.2. The van der Waals surface area contributed by atoms with Gasteiger partial charge in [-0.25, -0.2) is 0 Å². The smallest absolute Gasteiger partial charge is 0.306 e. The minimum absolute atomic E-state index is 0.0937. The van der Waals surface area contributed by atoms with Crippen LogP contribution in [0, 0.1) is 5.92 Å². The van der Waals surface area contributed by atoms with Gasteiger partial charge in [-0.05, 0) is 55.3 Å². The lowest BCUT2D eigenvalue weighted by molar-refractivity contribution is -0.143. The molecule has 4 nitrogen and oxygen atoms in total. The van der Waals surface area contributed by atoms with Gasteiger partial charge in [0.15, 0.2) is 0 Å². The van der Waals surface area contributed by atoms with E-state index in [9.17, 15) is 9.90 Å². The van der Waals surface area contributed by atoms with Crippen LogP contribution >= 0.6 is 15.9 Å². The Hall–Kier alpha value is -1.85. The Kier molecular flexibility index (Phi) is 5.76. The summed E-state index contributed by atoms with van der Waals surface area (Å²) in [6.45, 7) is 1.55. The first kappa shape index (κ1) is 18.0. The molecule has 1 N–H and O–H groups in total. The zero-order chi connectivity index (χ0) is 17.8. The van der Waals surface area contributed by atoms with Crippen molar-refractivity contribution in [3.63, 3.8) is 0 Å². The number of rotatable bonds is 5. The lowest BCUT2D eigenvalue weighted by Crippen LogP contribution is -2.39. The maximum atomic E-state index is 11.3. The van der Waals surface area contributed by atoms with Crippen LogP contribution in [0.1, 0.15) is 30.0 Å². The molecule has 1 aliphatic heterocycles. The highest BCUT2D eigenvalue weighted by Gasteiger charge is 2.30. The Morgan fingerprint density at radius 2 is 1.80 bits per heavy atom. The van der Waals surface area contributed by atoms with E-state index in [4.69, 9.17) is 4.74 Å². The Labute approximate surface area is 156 Å². The summed E-state index contributed by atoms with van der Waals surface area (Å²) in [6.07, 6.45) is 1.37. The van der Waals surface area contributed by atoms with Crippen molar-refractivity contribution < 1.29 is 14.6 Å². The van der Waals surface area contributed by atoms with E-state index in [1.807, 2.05) is 24.3 Å². The first-order valence-electron chi connectivity index (χ1n) is 8.45. The molecule has 0 aliphatic carbocycles. The number of likely N-dealkylation sites (tertiary alicyclic amines) is 1. The number of hydrogen-bond acceptors (Lipinski definition) is 3. The van der Waals surface area contributed by atoms with Crippen LogP contribution in [-0.4, -0.2) is 36.2 Å². The SMILES string of the molecule is COc1ccc(C(c2ccccc2Br)N2CCC(C(=O)O)CC2)cc1. The average molecular weight is 404 g/mol. The topological polar surface area (TPSA) is 49.8 Å². The predicted molar refractivity (Wildman–Crippen MR) is 101 cm³/mol. The maximum absolute atomic E-state index is 11.3. The van der Waals surface area contributed by atoms with Gasteiger partial charge in [0.2, 0.25) is 0 Å². The fourth-order valence-electron chi connectivity index (χ4n) is 3.47. The second kappa shape index (κ2) is 8.02. The van der Waals surface area contributed by atoms with Gasteiger partial charge in [0.05, 0.1) is 19.1 Å². The van der Waals surface area contributed by atoms with Gasteiger partial charge in [-0.1, -0.05) is 46.3 Å². The van der Waals surface area contributed by atoms with Crippen molar-refractivity contribution >= 4 is 21.9 Å². The van der Waals surface area contributed by atoms with Crippen LogP contribution in [0.2, 0.25) is 0 Å². The zero-order valence-electron chi connectivity index (χ0n) is 14.2. The van der Waals surface area contributed by atoms with Gasteiger partial charge < -0.3 is 9.84 Å². The number of hydrogen-bond donors (Lipinski definition) is 1. The summed E-state index contributed by atoms with van der Waals surface area (Å²) >= 11 is 3.68. The zero-order valence-corrected chi connectivity index (χ0v) is 15.8. The minimum atomic E-state index is -0.679. The molecule has 2 aromatic rings. The summed E-state index contributed by atoms with van der Waals surface area (Å²) in [4.78, 5) is 13.6. The van der Waals surface area contributed by atoms with Crippen LogP contribution in [0.15, 0.2) is 53.0 Å². The molecule has 25 heavy (non-hydrogen) atoms. The van der Waals surface area contributed by atoms with E-state index >= 15 is 0 Å². The molecular weight excluding hydrogens is 382 g/mol. The molecule has 0 amide bonds. The van der Waals surface area contributed by atoms with E-state index in [1.165, 1.54) is 11.1 Å². The number of halogens is 1. The van der Waals surface area contributed by atoms with E-state index in [2.05, 4.69) is 45.1 Å². The summed E-state index contributed by atoms with van der Waals surface area (Å²) < 4.78 is 6.34. The van der Waals surface area contributed by atoms with Gasteiger partial charge in [0.25, 0.3) is 0 Å². The third-order valence-electron chi connectivity index (χ3n) is 4.88. The van der Waals surface area contributed by atoms with Crippen LogP contribution in [0.4, 0.5) is 0 Å². The highest BCUT2D eigenvalue weighted by atomic mass is 79.9. The van der Waals surface area contributed by atoms with Crippen LogP contribution in [0.25, 0.3) is 0 Å². The number of nitrogens with zero attached hydrogens (tertiary/aromatic N) is 1. The molecule has 1 atom stereocenters. The Balaban J connectivity index is 1.92. The van der Waals surface area contributed by atoms with Gasteiger partial charge in [-0.3, -0.25) is 9.69 Å². The molecule has 1 saturated heterocycles. The molecule has 1 fully saturated rings. The minimum Gasteiger partial charge on any atom is -0.497 e. The lowest BCUT2D eigenvalue weighted by atomic mass is 9.91. The van der Waals surface area contributed by atoms with Gasteiger partial charge in [0, 0.05) is 4.47 Å². The molecule has 1 aliphatic rings. The predicted octanol–water partition coefficient (Wildman–Crippen LogP) is 4.34. The molecule has 0 bridgehead atoms. The summed E-state index contributed by atoms with van der Waals surface area (Å²) in [7, 11) is 1.66. The number of carbonyl (C=O) groups is 1. The molecule has 5 heteroatoms. The van der Waals surface area contributed by atoms with Crippen molar-refractivity contribution in [1.82, 2.24) is 4.90 Å². The third kappa shape index (κ3) is 4.05. The van der Waals surface area contributed by atoms with Crippen molar-refractivity contribution in [2.75, 3.05) is 20.2 Å². The summed E-state index contributed by atoms with van der Waals surface area (Å²) in [5.41, 5.74) is 2.38. The Morgan fingerprint density at radius 1 is 1.16 bits per heavy atom. The number of benzene rings is 2. The maximum Gasteiger partial charge on any atom is 0.306 e. The van der Waals surface area contributed by atoms with Gasteiger partial charge in [-0.15, -0.1) is 0 Å². The number of carboxylic acids is 1. The fraction of sp³-hybridized carbons (Fsp3) is 0.350. The first-order chi connectivity index (χ1) is 12.1. The molecular formula is C20H22BrNO3. The highest BCUT2D eigenvalue weighted by molar-refractivity contribution is 9.10. The first-order valence-corrected chi connectivity index (χ1v) is 9.24. The molecule has 0 radical (unpaired) electrons. The van der Waals surface area contributed by atoms with Crippen molar-refractivity contribution in [2.45, 2.75) is 18.9 Å². The van der Waals surface area contributed by atoms with Crippen LogP contribution in [0.5, 0.6) is 5.75 Å². The molecule has 0 aromatic heterocycles. The quantitative estimate of drug-likeness (QED) is 0.806. The highest BCUT2D eigenvalue weighted by Crippen LogP contribution is 2.36. The molecule has 3 rings (SSSR count). The molecule has 1 heterocycles. The third-order valence-corrected chi connectivity index (χ3v) is 5.60. The Morgan fingerprint density at radius 3 is 2.36 bits per heavy atom. The Bertz CT molecular complexity index is 724. The monoisotopic (exact) mass is 403 g/mol. The average Bonchev–Trinajstić information content (AvgIpc) is 2.64. The van der Waals surface area contributed by atoms with Gasteiger partial charge in [0.1, 0.15) is 5.75 Å². The molecule has 1 unspecified atom stereocenters. The molecule has 132 valence electrons. The number of aliphatic carboxylic acids is 1. The van der Waals surface area contributed by atoms with E-state index in [1.54, 1.807) is 7.11 Å². The molecule has 0 saturated carbocycles. The second-order valence-corrected chi connectivity index (χ2v) is 7.20. The molecule has 0 spiro atoms. The van der Waals surface area contributed by atoms with Crippen molar-refractivity contribution in [3.05, 3.63) is 64.1 Å². The summed E-state index contributed by atoms with van der Waals surface area (Å²) in [5, 5.41) is 9.26. The fourth-order valence-corrected chi connectivity index (χ4v) is 3.98. The largest absolute Gasteiger partial charge is 0.497 e.